The van der Waals surface area contributed by atoms with Gasteiger partial charge in [-0.05, 0) is 66.4 Å². The van der Waals surface area contributed by atoms with E-state index in [2.05, 4.69) is 5.32 Å². The third kappa shape index (κ3) is 6.23. The number of nitrogens with one attached hydrogen (secondary N) is 1. The lowest BCUT2D eigenvalue weighted by molar-refractivity contribution is -0.130. The van der Waals surface area contributed by atoms with Crippen LogP contribution in [0.25, 0.3) is 0 Å². The number of hydrogen-bond acceptors (Lipinski definition) is 3. The molecule has 162 valence electrons. The molecule has 3 rings (SSSR count). The molecule has 3 atom stereocenters. The van der Waals surface area contributed by atoms with Crippen molar-refractivity contribution in [1.82, 2.24) is 5.32 Å². The molecule has 3 aromatic carbocycles. The summed E-state index contributed by atoms with van der Waals surface area (Å²) >= 11 is 12.1. The Hall–Kier alpha value is -2.53. The number of aliphatic hydroxyl groups excluding tert-OH is 1. The number of benzene rings is 3. The number of aliphatic hydroxyl groups is 1. The van der Waals surface area contributed by atoms with Gasteiger partial charge in [0.25, 0.3) is 5.91 Å². The maximum absolute atomic E-state index is 12.8. The summed E-state index contributed by atoms with van der Waals surface area (Å²) in [4.78, 5) is 12.8. The van der Waals surface area contributed by atoms with Gasteiger partial charge >= 0.3 is 0 Å². The number of amides is 1. The summed E-state index contributed by atoms with van der Waals surface area (Å²) in [6.45, 7) is 1.94. The Labute approximate surface area is 192 Å². The van der Waals surface area contributed by atoms with Crippen LogP contribution in [0.3, 0.4) is 0 Å². The summed E-state index contributed by atoms with van der Waals surface area (Å²) in [5, 5.41) is 14.8. The number of hydrogen-bond donors (Lipinski definition) is 2. The molecule has 0 aliphatic carbocycles. The Bertz CT molecular complexity index is 989. The maximum Gasteiger partial charge on any atom is 0.253 e. The van der Waals surface area contributed by atoms with E-state index in [9.17, 15) is 9.90 Å². The van der Waals surface area contributed by atoms with E-state index in [0.717, 1.165) is 11.1 Å². The predicted molar refractivity (Wildman–Crippen MR) is 125 cm³/mol. The number of carbonyl (C=O) groups is 1. The van der Waals surface area contributed by atoms with Crippen LogP contribution in [0.4, 0.5) is 0 Å². The van der Waals surface area contributed by atoms with Crippen LogP contribution in [-0.2, 0) is 11.2 Å². The van der Waals surface area contributed by atoms with E-state index in [0.29, 0.717) is 27.8 Å². The lowest BCUT2D eigenvalue weighted by atomic mass is 9.86. The zero-order valence-electron chi connectivity index (χ0n) is 17.4. The quantitative estimate of drug-likeness (QED) is 0.464. The molecular formula is C25H25Cl2NO3. The van der Waals surface area contributed by atoms with Crippen molar-refractivity contribution in [3.63, 3.8) is 0 Å². The van der Waals surface area contributed by atoms with Gasteiger partial charge in [0.1, 0.15) is 5.75 Å². The zero-order valence-corrected chi connectivity index (χ0v) is 18.9. The standard InChI is InChI=1S/C25H25Cl2NO3/c1-16(28-25(30)24(29)19-7-13-22(31-2)14-8-19)23(18-5-11-21(27)12-6-18)15-17-3-9-20(26)10-4-17/h3-14,16,23-24,29H,15H2,1-2H3,(H,28,30)/t16-,23+,24?/m1/s1. The number of rotatable bonds is 8. The van der Waals surface area contributed by atoms with Crippen LogP contribution in [0.15, 0.2) is 72.8 Å². The summed E-state index contributed by atoms with van der Waals surface area (Å²) in [5.74, 6) is 0.189. The summed E-state index contributed by atoms with van der Waals surface area (Å²) in [6, 6.07) is 21.8. The monoisotopic (exact) mass is 457 g/mol. The minimum Gasteiger partial charge on any atom is -0.497 e. The van der Waals surface area contributed by atoms with E-state index in [1.807, 2.05) is 55.5 Å². The Morgan fingerprint density at radius 1 is 0.903 bits per heavy atom. The van der Waals surface area contributed by atoms with Crippen LogP contribution >= 0.6 is 23.2 Å². The summed E-state index contributed by atoms with van der Waals surface area (Å²) in [5.41, 5.74) is 2.65. The van der Waals surface area contributed by atoms with Crippen molar-refractivity contribution in [1.29, 1.82) is 0 Å². The highest BCUT2D eigenvalue weighted by Crippen LogP contribution is 2.27. The zero-order chi connectivity index (χ0) is 22.4. The van der Waals surface area contributed by atoms with E-state index >= 15 is 0 Å². The molecule has 0 radical (unpaired) electrons. The molecular weight excluding hydrogens is 433 g/mol. The van der Waals surface area contributed by atoms with Crippen molar-refractivity contribution in [3.8, 4) is 5.75 Å². The molecule has 0 saturated carbocycles. The van der Waals surface area contributed by atoms with E-state index in [1.54, 1.807) is 31.4 Å². The Morgan fingerprint density at radius 3 is 1.97 bits per heavy atom. The molecule has 0 spiro atoms. The first-order valence-corrected chi connectivity index (χ1v) is 10.7. The lowest BCUT2D eigenvalue weighted by Gasteiger charge is -2.27. The summed E-state index contributed by atoms with van der Waals surface area (Å²) in [6.07, 6.45) is -0.575. The van der Waals surface area contributed by atoms with Crippen molar-refractivity contribution < 1.29 is 14.6 Å². The van der Waals surface area contributed by atoms with Gasteiger partial charge < -0.3 is 15.2 Å². The molecule has 0 saturated heterocycles. The van der Waals surface area contributed by atoms with Gasteiger partial charge in [0, 0.05) is 22.0 Å². The highest BCUT2D eigenvalue weighted by atomic mass is 35.5. The van der Waals surface area contributed by atoms with E-state index < -0.39 is 12.0 Å². The van der Waals surface area contributed by atoms with Crippen LogP contribution in [0.5, 0.6) is 5.75 Å². The normalized spacial score (nSPS) is 13.8. The molecule has 4 nitrogen and oxygen atoms in total. The third-order valence-electron chi connectivity index (χ3n) is 5.32. The first kappa shape index (κ1) is 23.1. The van der Waals surface area contributed by atoms with Crippen molar-refractivity contribution >= 4 is 29.1 Å². The smallest absolute Gasteiger partial charge is 0.253 e. The molecule has 1 unspecified atom stereocenters. The second-order valence-electron chi connectivity index (χ2n) is 7.46. The molecule has 0 heterocycles. The highest BCUT2D eigenvalue weighted by molar-refractivity contribution is 6.30. The first-order chi connectivity index (χ1) is 14.9. The fourth-order valence-electron chi connectivity index (χ4n) is 3.51. The predicted octanol–water partition coefficient (Wildman–Crippen LogP) is 5.57. The Kier molecular flexibility index (Phi) is 7.97. The molecule has 6 heteroatoms. The summed E-state index contributed by atoms with van der Waals surface area (Å²) < 4.78 is 5.13. The molecule has 31 heavy (non-hydrogen) atoms. The van der Waals surface area contributed by atoms with E-state index in [4.69, 9.17) is 27.9 Å². The minimum atomic E-state index is -1.27. The van der Waals surface area contributed by atoms with Gasteiger partial charge in [0.05, 0.1) is 7.11 Å². The minimum absolute atomic E-state index is 0.0227. The van der Waals surface area contributed by atoms with Crippen LogP contribution in [0.2, 0.25) is 10.0 Å². The van der Waals surface area contributed by atoms with Gasteiger partial charge in [-0.3, -0.25) is 4.79 Å². The van der Waals surface area contributed by atoms with Crippen LogP contribution in [-0.4, -0.2) is 24.2 Å². The third-order valence-corrected chi connectivity index (χ3v) is 5.82. The fraction of sp³-hybridized carbons (Fsp3) is 0.240. The average Bonchev–Trinajstić information content (AvgIpc) is 2.79. The van der Waals surface area contributed by atoms with Gasteiger partial charge in [-0.25, -0.2) is 0 Å². The van der Waals surface area contributed by atoms with Gasteiger partial charge in [-0.15, -0.1) is 0 Å². The fourth-order valence-corrected chi connectivity index (χ4v) is 3.76. The topological polar surface area (TPSA) is 58.6 Å². The van der Waals surface area contributed by atoms with Gasteiger partial charge in [-0.2, -0.15) is 0 Å². The highest BCUT2D eigenvalue weighted by Gasteiger charge is 2.25. The van der Waals surface area contributed by atoms with Gasteiger partial charge in [0.15, 0.2) is 6.10 Å². The van der Waals surface area contributed by atoms with Gasteiger partial charge in [0.2, 0.25) is 0 Å². The van der Waals surface area contributed by atoms with Crippen LogP contribution in [0, 0.1) is 0 Å². The van der Waals surface area contributed by atoms with E-state index in [-0.39, 0.29) is 12.0 Å². The van der Waals surface area contributed by atoms with Crippen molar-refractivity contribution in [2.24, 2.45) is 0 Å². The molecule has 0 bridgehead atoms. The molecule has 0 aromatic heterocycles. The Balaban J connectivity index is 1.77. The number of methoxy groups -OCH3 is 1. The molecule has 3 aromatic rings. The van der Waals surface area contributed by atoms with Crippen molar-refractivity contribution in [2.45, 2.75) is 31.4 Å². The van der Waals surface area contributed by atoms with E-state index in [1.165, 1.54) is 0 Å². The van der Waals surface area contributed by atoms with Crippen LogP contribution in [0.1, 0.15) is 35.6 Å². The Morgan fingerprint density at radius 2 is 1.42 bits per heavy atom. The maximum atomic E-state index is 12.8. The molecule has 2 N–H and O–H groups in total. The number of carbonyl (C=O) groups excluding carboxylic acids is 1. The number of halogens is 2. The van der Waals surface area contributed by atoms with Crippen LogP contribution < -0.4 is 10.1 Å². The second kappa shape index (κ2) is 10.7. The van der Waals surface area contributed by atoms with Crippen molar-refractivity contribution in [3.05, 3.63) is 99.5 Å². The largest absolute Gasteiger partial charge is 0.497 e. The first-order valence-electron chi connectivity index (χ1n) is 9.99. The molecule has 0 aliphatic rings. The average molecular weight is 458 g/mol. The second-order valence-corrected chi connectivity index (χ2v) is 8.33. The molecule has 0 aliphatic heterocycles. The SMILES string of the molecule is COc1ccc(C(O)C(=O)N[C@H](C)[C@H](Cc2ccc(Cl)cc2)c2ccc(Cl)cc2)cc1. The van der Waals surface area contributed by atoms with Crippen molar-refractivity contribution in [2.75, 3.05) is 7.11 Å². The molecule has 0 fully saturated rings. The molecule has 1 amide bonds. The summed E-state index contributed by atoms with van der Waals surface area (Å²) in [7, 11) is 1.57. The van der Waals surface area contributed by atoms with Gasteiger partial charge in [-0.1, -0.05) is 59.6 Å². The number of ether oxygens (including phenoxy) is 1. The lowest BCUT2D eigenvalue weighted by Crippen LogP contribution is -2.40.